The molecule has 0 aromatic carbocycles. The van der Waals surface area contributed by atoms with Gasteiger partial charge in [-0.15, -0.1) is 23.7 Å². The molecule has 3 nitrogen and oxygen atoms in total. The van der Waals surface area contributed by atoms with Gasteiger partial charge in [0, 0.05) is 4.88 Å². The van der Waals surface area contributed by atoms with Gasteiger partial charge in [0.1, 0.15) is 0 Å². The minimum Gasteiger partial charge on any atom is -0.322 e. The van der Waals surface area contributed by atoms with E-state index in [1.165, 1.54) is 4.88 Å². The molecule has 3 N–H and O–H groups in total. The maximum absolute atomic E-state index is 6.33. The lowest BCUT2D eigenvalue weighted by atomic mass is 9.74. The monoisotopic (exact) mass is 279 g/mol. The Bertz CT molecular complexity index is 387. The van der Waals surface area contributed by atoms with Crippen molar-refractivity contribution in [2.24, 2.45) is 11.1 Å². The van der Waals surface area contributed by atoms with Gasteiger partial charge in [-0.2, -0.15) is 0 Å². The molecule has 2 aliphatic rings. The van der Waals surface area contributed by atoms with Crippen LogP contribution in [0.25, 0.3) is 0 Å². The van der Waals surface area contributed by atoms with E-state index in [0.717, 1.165) is 38.0 Å². The summed E-state index contributed by atoms with van der Waals surface area (Å²) in [5.41, 5.74) is 7.66. The van der Waals surface area contributed by atoms with Crippen molar-refractivity contribution in [1.82, 2.24) is 10.3 Å². The van der Waals surface area contributed by atoms with Crippen LogP contribution in [0.15, 0.2) is 0 Å². The first-order valence-electron chi connectivity index (χ1n) is 5.33. The van der Waals surface area contributed by atoms with Gasteiger partial charge in [0.05, 0.1) is 11.7 Å². The van der Waals surface area contributed by atoms with Crippen LogP contribution in [-0.4, -0.2) is 18.1 Å². The average Bonchev–Trinajstić information content (AvgIpc) is 2.68. The van der Waals surface area contributed by atoms with Gasteiger partial charge in [-0.3, -0.25) is 0 Å². The van der Waals surface area contributed by atoms with Crippen molar-refractivity contribution in [2.45, 2.75) is 25.3 Å². The van der Waals surface area contributed by atoms with Gasteiger partial charge in [0.25, 0.3) is 0 Å². The molecule has 0 unspecified atom stereocenters. The summed E-state index contributed by atoms with van der Waals surface area (Å²) < 4.78 is 0.638. The third-order valence-electron chi connectivity index (χ3n) is 3.77. The van der Waals surface area contributed by atoms with E-state index >= 15 is 0 Å². The Balaban J connectivity index is 0.000000963. The van der Waals surface area contributed by atoms with E-state index in [-0.39, 0.29) is 23.9 Å². The van der Waals surface area contributed by atoms with Gasteiger partial charge in [-0.05, 0) is 37.8 Å². The van der Waals surface area contributed by atoms with Crippen LogP contribution in [-0.2, 0) is 6.42 Å². The number of thiazole rings is 1. The summed E-state index contributed by atoms with van der Waals surface area (Å²) >= 11 is 7.51. The van der Waals surface area contributed by atoms with Gasteiger partial charge < -0.3 is 11.1 Å². The van der Waals surface area contributed by atoms with Crippen molar-refractivity contribution in [1.29, 1.82) is 0 Å². The van der Waals surface area contributed by atoms with E-state index in [4.69, 9.17) is 17.3 Å². The Morgan fingerprint density at radius 2 is 2.12 bits per heavy atom. The predicted molar refractivity (Wildman–Crippen MR) is 69.5 cm³/mol. The number of nitrogens with zero attached hydrogens (tertiary/aromatic N) is 1. The molecule has 1 aliphatic heterocycles. The molecular formula is C10H15Cl2N3S. The second kappa shape index (κ2) is 4.42. The third-order valence-corrected chi connectivity index (χ3v) is 4.94. The number of hydrogen-bond acceptors (Lipinski definition) is 4. The molecule has 0 amide bonds. The molecule has 1 aromatic heterocycles. The second-order valence-corrected chi connectivity index (χ2v) is 6.21. The molecule has 3 rings (SSSR count). The highest BCUT2D eigenvalue weighted by Gasteiger charge is 2.46. The number of aromatic nitrogens is 1. The standard InChI is InChI=1S/C10H14ClN3S.ClH/c11-9-14-7-6(15-9)5-10(8(7)12)1-3-13-4-2-10;/h8,13H,1-5,12H2;1H/t8-;/m1./s1. The Labute approximate surface area is 110 Å². The molecule has 1 spiro atoms. The largest absolute Gasteiger partial charge is 0.322 e. The lowest BCUT2D eigenvalue weighted by Crippen LogP contribution is -2.42. The zero-order chi connectivity index (χ0) is 10.5. The molecule has 6 heteroatoms. The first-order chi connectivity index (χ1) is 7.21. The maximum atomic E-state index is 6.33. The molecule has 1 saturated heterocycles. The lowest BCUT2D eigenvalue weighted by Gasteiger charge is -2.37. The van der Waals surface area contributed by atoms with Crippen molar-refractivity contribution >= 4 is 35.3 Å². The Morgan fingerprint density at radius 3 is 2.75 bits per heavy atom. The number of halogens is 2. The highest BCUT2D eigenvalue weighted by atomic mass is 35.5. The zero-order valence-electron chi connectivity index (χ0n) is 8.83. The van der Waals surface area contributed by atoms with E-state index < -0.39 is 0 Å². The van der Waals surface area contributed by atoms with Crippen LogP contribution in [0, 0.1) is 5.41 Å². The molecular weight excluding hydrogens is 265 g/mol. The predicted octanol–water partition coefficient (Wildman–Crippen LogP) is 2.14. The Morgan fingerprint density at radius 1 is 1.44 bits per heavy atom. The van der Waals surface area contributed by atoms with Crippen LogP contribution in [0.2, 0.25) is 4.47 Å². The molecule has 1 fully saturated rings. The molecule has 1 atom stereocenters. The van der Waals surface area contributed by atoms with E-state index in [2.05, 4.69) is 10.3 Å². The van der Waals surface area contributed by atoms with Gasteiger partial charge in [0.15, 0.2) is 4.47 Å². The van der Waals surface area contributed by atoms with Crippen molar-refractivity contribution < 1.29 is 0 Å². The van der Waals surface area contributed by atoms with Gasteiger partial charge >= 0.3 is 0 Å². The topological polar surface area (TPSA) is 50.9 Å². The first-order valence-corrected chi connectivity index (χ1v) is 6.52. The van der Waals surface area contributed by atoms with Gasteiger partial charge in [-0.1, -0.05) is 11.6 Å². The fourth-order valence-electron chi connectivity index (χ4n) is 2.84. The van der Waals surface area contributed by atoms with Crippen molar-refractivity contribution in [3.8, 4) is 0 Å². The summed E-state index contributed by atoms with van der Waals surface area (Å²) in [7, 11) is 0. The summed E-state index contributed by atoms with van der Waals surface area (Å²) in [4.78, 5) is 5.67. The summed E-state index contributed by atoms with van der Waals surface area (Å²) in [5.74, 6) is 0. The molecule has 1 aliphatic carbocycles. The van der Waals surface area contributed by atoms with E-state index in [0.29, 0.717) is 4.47 Å². The van der Waals surface area contributed by atoms with Crippen molar-refractivity contribution in [3.63, 3.8) is 0 Å². The van der Waals surface area contributed by atoms with Crippen LogP contribution in [0.4, 0.5) is 0 Å². The highest BCUT2D eigenvalue weighted by molar-refractivity contribution is 7.15. The molecule has 1 aromatic rings. The summed E-state index contributed by atoms with van der Waals surface area (Å²) in [6, 6.07) is 0.0957. The summed E-state index contributed by atoms with van der Waals surface area (Å²) in [6.07, 6.45) is 3.40. The van der Waals surface area contributed by atoms with Gasteiger partial charge in [-0.25, -0.2) is 4.98 Å². The van der Waals surface area contributed by atoms with Crippen LogP contribution >= 0.6 is 35.3 Å². The second-order valence-electron chi connectivity index (χ2n) is 4.54. The fourth-order valence-corrected chi connectivity index (χ4v) is 4.19. The quantitative estimate of drug-likeness (QED) is 0.765. The van der Waals surface area contributed by atoms with Gasteiger partial charge in [0.2, 0.25) is 0 Å². The van der Waals surface area contributed by atoms with Crippen LogP contribution in [0.5, 0.6) is 0 Å². The van der Waals surface area contributed by atoms with Crippen LogP contribution < -0.4 is 11.1 Å². The number of nitrogens with one attached hydrogen (secondary N) is 1. The van der Waals surface area contributed by atoms with E-state index in [1.807, 2.05) is 0 Å². The SMILES string of the molecule is Cl.N[C@@H]1c2nc(Cl)sc2CC12CCNCC2. The molecule has 90 valence electrons. The fraction of sp³-hybridized carbons (Fsp3) is 0.700. The molecule has 16 heavy (non-hydrogen) atoms. The zero-order valence-corrected chi connectivity index (χ0v) is 11.2. The minimum absolute atomic E-state index is 0. The number of fused-ring (bicyclic) bond motifs is 1. The third kappa shape index (κ3) is 1.77. The van der Waals surface area contributed by atoms with Crippen LogP contribution in [0.1, 0.15) is 29.5 Å². The number of piperidine rings is 1. The summed E-state index contributed by atoms with van der Waals surface area (Å²) in [5, 5.41) is 3.39. The Hall–Kier alpha value is 0.130. The average molecular weight is 280 g/mol. The minimum atomic E-state index is 0. The molecule has 0 radical (unpaired) electrons. The number of rotatable bonds is 0. The molecule has 2 heterocycles. The molecule has 0 saturated carbocycles. The van der Waals surface area contributed by atoms with E-state index in [9.17, 15) is 0 Å². The summed E-state index contributed by atoms with van der Waals surface area (Å²) in [6.45, 7) is 2.16. The van der Waals surface area contributed by atoms with E-state index in [1.54, 1.807) is 11.3 Å². The number of hydrogen-bond donors (Lipinski definition) is 2. The normalized spacial score (nSPS) is 26.5. The van der Waals surface area contributed by atoms with Crippen molar-refractivity contribution in [3.05, 3.63) is 15.0 Å². The van der Waals surface area contributed by atoms with Crippen molar-refractivity contribution in [2.75, 3.05) is 13.1 Å². The Kier molecular flexibility index (Phi) is 3.48. The smallest absolute Gasteiger partial charge is 0.184 e. The maximum Gasteiger partial charge on any atom is 0.184 e. The first kappa shape index (κ1) is 12.6. The highest BCUT2D eigenvalue weighted by Crippen LogP contribution is 2.51. The van der Waals surface area contributed by atoms with Crippen LogP contribution in [0.3, 0.4) is 0 Å². The molecule has 0 bridgehead atoms. The number of nitrogens with two attached hydrogens (primary N) is 1. The lowest BCUT2D eigenvalue weighted by molar-refractivity contribution is 0.173.